The highest BCUT2D eigenvalue weighted by Crippen LogP contribution is 2.71. The Morgan fingerprint density at radius 2 is 0.566 bits per heavy atom. The fraction of sp³-hybridized carbons (Fsp3) is 0.914. The summed E-state index contributed by atoms with van der Waals surface area (Å²) in [6, 6.07) is 0. The Balaban J connectivity index is 0.000000144. The van der Waals surface area contributed by atoms with Crippen molar-refractivity contribution in [3.05, 3.63) is 24.3 Å². The molecule has 17 rings (SSSR count). The molecule has 2 saturated heterocycles. The lowest BCUT2D eigenvalue weighted by atomic mass is 9.50. The molecule has 0 bridgehead atoms. The number of esters is 5. The van der Waals surface area contributed by atoms with Gasteiger partial charge in [-0.1, -0.05) is 186 Å². The van der Waals surface area contributed by atoms with Gasteiger partial charge in [-0.25, -0.2) is 0 Å². The van der Waals surface area contributed by atoms with Crippen molar-refractivity contribution in [3.8, 4) is 0 Å². The summed E-state index contributed by atoms with van der Waals surface area (Å²) in [5, 5.41) is 50.8. The Morgan fingerprint density at radius 3 is 0.860 bits per heavy atom. The predicted octanol–water partition coefficient (Wildman–Crippen LogP) is 23.6. The summed E-state index contributed by atoms with van der Waals surface area (Å²) in [5.41, 5.74) is 3.05. The zero-order valence-electron chi connectivity index (χ0n) is 88.9. The largest absolute Gasteiger partial charge is 0.462 e. The topological polar surface area (TPSA) is 287 Å². The summed E-state index contributed by atoms with van der Waals surface area (Å²) >= 11 is 0. The van der Waals surface area contributed by atoms with Crippen LogP contribution >= 0.6 is 0 Å². The number of carbonyl (C=O) groups excluding carboxylic acids is 6. The molecular weight excluding hydrogens is 1710 g/mol. The minimum absolute atomic E-state index is 0.00472. The zero-order valence-corrected chi connectivity index (χ0v) is 88.9. The summed E-state index contributed by atoms with van der Waals surface area (Å²) in [6.45, 7) is 54.0. The molecule has 20 heteroatoms. The Kier molecular flexibility index (Phi) is 35.2. The van der Waals surface area contributed by atoms with Gasteiger partial charge in [0.25, 0.3) is 0 Å². The number of ketones is 1. The first-order chi connectivity index (χ1) is 64.2. The van der Waals surface area contributed by atoms with E-state index in [1.165, 1.54) is 69.9 Å². The highest BCUT2D eigenvalue weighted by molar-refractivity contribution is 5.87. The number of fused-ring (bicyclic) bond motifs is 7. The van der Waals surface area contributed by atoms with E-state index in [0.29, 0.717) is 104 Å². The van der Waals surface area contributed by atoms with Gasteiger partial charge in [0.15, 0.2) is 11.6 Å². The van der Waals surface area contributed by atoms with E-state index < -0.39 is 11.6 Å². The lowest BCUT2D eigenvalue weighted by Gasteiger charge is -2.57. The molecule has 136 heavy (non-hydrogen) atoms. The van der Waals surface area contributed by atoms with E-state index >= 15 is 0 Å². The molecule has 15 aliphatic carbocycles. The molecule has 2 heterocycles. The van der Waals surface area contributed by atoms with Crippen LogP contribution in [0.4, 0.5) is 0 Å². The molecule has 2 aliphatic heterocycles. The number of aliphatic hydroxyl groups excluding tert-OH is 5. The van der Waals surface area contributed by atoms with Gasteiger partial charge in [0.05, 0.1) is 50.8 Å². The van der Waals surface area contributed by atoms with Gasteiger partial charge < -0.3 is 68.2 Å². The summed E-state index contributed by atoms with van der Waals surface area (Å²) in [5.74, 6) is 5.06. The van der Waals surface area contributed by atoms with Gasteiger partial charge in [0.1, 0.15) is 36.3 Å². The lowest BCUT2D eigenvalue weighted by Crippen LogP contribution is -2.58. The van der Waals surface area contributed by atoms with E-state index in [2.05, 4.69) is 117 Å². The van der Waals surface area contributed by atoms with Gasteiger partial charge in [0.2, 0.25) is 0 Å². The highest BCUT2D eigenvalue weighted by atomic mass is 16.7. The molecule has 0 aromatic carbocycles. The van der Waals surface area contributed by atoms with Gasteiger partial charge in [-0.2, -0.15) is 0 Å². The Bertz CT molecular complexity index is 3730. The number of hydrogen-bond donors (Lipinski definition) is 5. The van der Waals surface area contributed by atoms with E-state index in [1.807, 2.05) is 0 Å². The average molecular weight is 1910 g/mol. The molecule has 0 unspecified atom stereocenters. The second-order valence-corrected chi connectivity index (χ2v) is 50.7. The number of ether oxygens (including phenoxy) is 9. The molecule has 0 radical (unpaired) electrons. The van der Waals surface area contributed by atoms with Crippen LogP contribution in [0.15, 0.2) is 24.3 Å². The van der Waals surface area contributed by atoms with Crippen LogP contribution in [0.5, 0.6) is 0 Å². The minimum Gasteiger partial charge on any atom is -0.462 e. The first kappa shape index (κ1) is 109. The van der Waals surface area contributed by atoms with Crippen molar-refractivity contribution >= 4 is 35.6 Å². The van der Waals surface area contributed by atoms with Crippen LogP contribution in [-0.4, -0.2) is 161 Å². The van der Waals surface area contributed by atoms with Crippen LogP contribution in [0.1, 0.15) is 421 Å². The van der Waals surface area contributed by atoms with Gasteiger partial charge in [-0.15, -0.1) is 0 Å². The van der Waals surface area contributed by atoms with Gasteiger partial charge in [-0.3, -0.25) is 28.8 Å². The van der Waals surface area contributed by atoms with Crippen molar-refractivity contribution in [1.29, 1.82) is 0 Å². The monoisotopic (exact) mass is 1910 g/mol. The Labute approximate surface area is 821 Å². The average Bonchev–Trinajstić information content (AvgIpc) is 1.54. The molecule has 2 spiro atoms. The molecule has 776 valence electrons. The number of hydrogen-bond acceptors (Lipinski definition) is 20. The lowest BCUT2D eigenvalue weighted by molar-refractivity contribution is -0.253. The maximum absolute atomic E-state index is 12.6. The molecule has 17 fully saturated rings. The molecule has 15 saturated carbocycles. The number of carbonyl (C=O) groups is 6. The Hall–Kier alpha value is -3.86. The van der Waals surface area contributed by atoms with Crippen LogP contribution in [0.2, 0.25) is 0 Å². The fourth-order valence-electron chi connectivity index (χ4n) is 35.5. The predicted molar refractivity (Wildman–Crippen MR) is 530 cm³/mol. The fourth-order valence-corrected chi connectivity index (χ4v) is 35.5. The molecule has 35 atom stereocenters. The number of Topliss-reactive ketones (excluding diaryl/α,β-unsaturated/α-hetero) is 1. The van der Waals surface area contributed by atoms with Crippen LogP contribution in [0, 0.1) is 149 Å². The molecule has 0 aromatic heterocycles. The van der Waals surface area contributed by atoms with E-state index in [4.69, 9.17) is 42.6 Å². The van der Waals surface area contributed by atoms with Crippen LogP contribution in [0.25, 0.3) is 0 Å². The van der Waals surface area contributed by atoms with E-state index in [9.17, 15) is 54.3 Å². The van der Waals surface area contributed by atoms with Crippen molar-refractivity contribution in [2.45, 2.75) is 488 Å². The number of aliphatic hydroxyl groups is 5. The SMILES string of the molecule is C=C1CC[C@H]2[C@H](OC(C)=O)[C@@H]([C@@]3(C)CC[C@H](C)C[C@@H]3CCC)CC[C@]12C.C=C1CC[C@H]2[C@H](OC(C)=O)[C@@H]([C@@]3(C)CC[C@H](O)C[C@@H]3CCC)CC[C@]12C.CC(=O)O[C@@H]1[C@@H]([C@@]2(C)CC[C@H](O)C[C@@H]2CCO)CC[C@@]2(C)[C@H]1CCC21OCCO1.CCC[C@H]1C[C@@H](O)CC[C@]1(C)[C@H]1CC[C@@]2(C)[C@@H](CCC23OCCO3)[C@@H]1OC(C)=O.CCC[C@H]1C[C@@H](O)CC[C@]1(C)[C@H]1CC[C@]2(C)C(=O)CC[C@H]2[C@@H]1OC(C)=O. The van der Waals surface area contributed by atoms with E-state index in [1.54, 1.807) is 20.8 Å². The van der Waals surface area contributed by atoms with Crippen molar-refractivity contribution in [2.24, 2.45) is 149 Å². The van der Waals surface area contributed by atoms with Crippen LogP contribution in [0.3, 0.4) is 0 Å². The van der Waals surface area contributed by atoms with Crippen molar-refractivity contribution in [1.82, 2.24) is 0 Å². The van der Waals surface area contributed by atoms with E-state index in [-0.39, 0.29) is 170 Å². The van der Waals surface area contributed by atoms with Crippen molar-refractivity contribution < 1.29 is 96.9 Å². The smallest absolute Gasteiger partial charge is 0.302 e. The summed E-state index contributed by atoms with van der Waals surface area (Å²) < 4.78 is 55.1. The molecule has 0 aromatic rings. The number of rotatable bonds is 20. The Morgan fingerprint density at radius 1 is 0.316 bits per heavy atom. The third-order valence-electron chi connectivity index (χ3n) is 43.8. The summed E-state index contributed by atoms with van der Waals surface area (Å²) in [7, 11) is 0. The maximum atomic E-state index is 12.6. The minimum atomic E-state index is -0.533. The van der Waals surface area contributed by atoms with Gasteiger partial charge >= 0.3 is 29.8 Å². The third kappa shape index (κ3) is 20.9. The summed E-state index contributed by atoms with van der Waals surface area (Å²) in [4.78, 5) is 72.8. The summed E-state index contributed by atoms with van der Waals surface area (Å²) in [6.07, 6.45) is 43.7. The molecule has 20 nitrogen and oxygen atoms in total. The van der Waals surface area contributed by atoms with Crippen LogP contribution in [-0.2, 0) is 71.4 Å². The second kappa shape index (κ2) is 43.8. The van der Waals surface area contributed by atoms with Crippen LogP contribution < -0.4 is 0 Å². The second-order valence-electron chi connectivity index (χ2n) is 50.7. The third-order valence-corrected chi connectivity index (χ3v) is 43.8. The molecular formula is C116H192O20. The van der Waals surface area contributed by atoms with Crippen molar-refractivity contribution in [2.75, 3.05) is 33.0 Å². The number of allylic oxidation sites excluding steroid dienone is 2. The normalized spacial score (nSPS) is 46.3. The molecule has 17 aliphatic rings. The maximum Gasteiger partial charge on any atom is 0.302 e. The first-order valence-corrected chi connectivity index (χ1v) is 55.8. The van der Waals surface area contributed by atoms with Gasteiger partial charge in [0, 0.05) is 136 Å². The van der Waals surface area contributed by atoms with Gasteiger partial charge in [-0.05, 0) is 279 Å². The quantitative estimate of drug-likeness (QED) is 0.0430. The molecule has 0 amide bonds. The standard InChI is InChI=1S/C24H40O5.C24H40O2.C23H38O6.C23H38O3.C22H36O4/c1-5-6-17-15-18(26)7-10-22(17,3)19-8-11-23(4)20(21(19)29-16(2)25)9-12-24(23)27-13-14-28-24;1-7-8-19-15-16(2)11-13-24(19,6)21-12-14-23(5)17(3)9-10-20(23)22(21)26-18(4)25;1-15(25)29-20-18(21(2)8-4-17(26)14-16(21)7-11-24)5-9-22(3)19(20)6-10-23(22)27-12-13-28-23;1-6-7-17-14-18(25)10-12-23(17,5)20-11-13-22(4)15(2)8-9-19(22)21(20)26-16(3)24;1-5-6-15-13-16(24)9-11-21(15,3)18-10-12-22(4)17(7-8-19(22)25)20(18)26-14(2)23/h17-21,26H,5-15H2,1-4H3;16,19-22H,3,7-15H2,1-2,4-6H3;16-20,24,26H,4-14H2,1-3H3;17-21,25H,2,6-14H2,1,3-5H3;15-18,20,24H,5-13H2,1-4H3/t17-,18-,19-,20-,21+,22-,23-;16-,19-,20-,21-,22-,23+,24-;16-,17-,18-,19-,20+,21-,22-;17-,18-,19-,20-,21-,22+,23-;15-,16-,17-,18-,20-,21-,22-/m00000/s1. The first-order valence-electron chi connectivity index (χ1n) is 55.8. The zero-order chi connectivity index (χ0) is 99.1. The van der Waals surface area contributed by atoms with E-state index in [0.717, 1.165) is 237 Å². The molecule has 5 N–H and O–H groups in total. The highest BCUT2D eigenvalue weighted by Gasteiger charge is 2.71. The van der Waals surface area contributed by atoms with Crippen molar-refractivity contribution in [3.63, 3.8) is 0 Å².